The third-order valence-electron chi connectivity index (χ3n) is 3.48. The zero-order valence-electron chi connectivity index (χ0n) is 13.0. The lowest BCUT2D eigenvalue weighted by molar-refractivity contribution is 0.311. The average molecular weight is 314 g/mol. The molecule has 0 unspecified atom stereocenters. The molecule has 0 saturated carbocycles. The van der Waals surface area contributed by atoms with Gasteiger partial charge in [0.15, 0.2) is 17.1 Å². The maximum absolute atomic E-state index is 8.91. The number of rotatable bonds is 6. The minimum Gasteiger partial charge on any atom is -0.493 e. The Bertz CT molecular complexity index is 816. The summed E-state index contributed by atoms with van der Waals surface area (Å²) in [5.41, 5.74) is 2.54. The molecule has 7 nitrogen and oxygen atoms in total. The summed E-state index contributed by atoms with van der Waals surface area (Å²) in [4.78, 5) is 4.55. The van der Waals surface area contributed by atoms with E-state index in [-0.39, 0.29) is 6.61 Å². The summed E-state index contributed by atoms with van der Waals surface area (Å²) in [6, 6.07) is 7.50. The van der Waals surface area contributed by atoms with E-state index >= 15 is 0 Å². The number of methoxy groups -OCH3 is 2. The summed E-state index contributed by atoms with van der Waals surface area (Å²) in [6.45, 7) is 0.498. The SMILES string of the molecule is COc1ccc(-c2cnn3ccc(NCCO)nc23)cc1OC. The molecule has 0 fully saturated rings. The molecule has 1 aromatic carbocycles. The molecule has 0 aliphatic heterocycles. The molecular weight excluding hydrogens is 296 g/mol. The Labute approximate surface area is 133 Å². The van der Waals surface area contributed by atoms with E-state index in [2.05, 4.69) is 15.4 Å². The van der Waals surface area contributed by atoms with Crippen LogP contribution in [-0.4, -0.2) is 47.1 Å². The van der Waals surface area contributed by atoms with Crippen LogP contribution >= 0.6 is 0 Å². The van der Waals surface area contributed by atoms with Crippen LogP contribution in [0.3, 0.4) is 0 Å². The van der Waals surface area contributed by atoms with E-state index in [9.17, 15) is 0 Å². The van der Waals surface area contributed by atoms with Crippen molar-refractivity contribution < 1.29 is 14.6 Å². The normalized spacial score (nSPS) is 10.7. The van der Waals surface area contributed by atoms with Crippen molar-refractivity contribution in [1.29, 1.82) is 0 Å². The number of hydrogen-bond donors (Lipinski definition) is 2. The largest absolute Gasteiger partial charge is 0.493 e. The highest BCUT2D eigenvalue weighted by Crippen LogP contribution is 2.33. The maximum Gasteiger partial charge on any atom is 0.165 e. The molecule has 0 amide bonds. The van der Waals surface area contributed by atoms with Gasteiger partial charge < -0.3 is 19.9 Å². The van der Waals surface area contributed by atoms with Gasteiger partial charge in [-0.2, -0.15) is 5.10 Å². The lowest BCUT2D eigenvalue weighted by Gasteiger charge is -2.09. The number of benzene rings is 1. The number of fused-ring (bicyclic) bond motifs is 1. The highest BCUT2D eigenvalue weighted by atomic mass is 16.5. The number of nitrogens with one attached hydrogen (secondary N) is 1. The van der Waals surface area contributed by atoms with E-state index in [1.54, 1.807) is 24.9 Å². The Morgan fingerprint density at radius 3 is 2.74 bits per heavy atom. The standard InChI is InChI=1S/C16H18N4O3/c1-22-13-4-3-11(9-14(13)23-2)12-10-18-20-7-5-15(17-6-8-21)19-16(12)20/h3-5,7,9-10,21H,6,8H2,1-2H3,(H,17,19). The Morgan fingerprint density at radius 1 is 1.17 bits per heavy atom. The van der Waals surface area contributed by atoms with Gasteiger partial charge in [-0.05, 0) is 23.8 Å². The molecule has 3 rings (SSSR count). The first-order valence-electron chi connectivity index (χ1n) is 7.18. The lowest BCUT2D eigenvalue weighted by Crippen LogP contribution is -2.07. The molecule has 2 N–H and O–H groups in total. The monoisotopic (exact) mass is 314 g/mol. The van der Waals surface area contributed by atoms with Gasteiger partial charge in [0.25, 0.3) is 0 Å². The van der Waals surface area contributed by atoms with Gasteiger partial charge >= 0.3 is 0 Å². The van der Waals surface area contributed by atoms with Crippen molar-refractivity contribution >= 4 is 11.5 Å². The number of aliphatic hydroxyl groups is 1. The summed E-state index contributed by atoms with van der Waals surface area (Å²) >= 11 is 0. The van der Waals surface area contributed by atoms with Gasteiger partial charge in [-0.25, -0.2) is 9.50 Å². The van der Waals surface area contributed by atoms with Crippen LogP contribution in [0.1, 0.15) is 0 Å². The zero-order chi connectivity index (χ0) is 16.2. The topological polar surface area (TPSA) is 80.9 Å². The fourth-order valence-electron chi connectivity index (χ4n) is 2.36. The number of hydrogen-bond acceptors (Lipinski definition) is 6. The fraction of sp³-hybridized carbons (Fsp3) is 0.250. The molecule has 0 spiro atoms. The summed E-state index contributed by atoms with van der Waals surface area (Å²) in [5, 5.41) is 16.3. The lowest BCUT2D eigenvalue weighted by atomic mass is 10.1. The number of ether oxygens (including phenoxy) is 2. The predicted molar refractivity (Wildman–Crippen MR) is 87.1 cm³/mol. The maximum atomic E-state index is 8.91. The van der Waals surface area contributed by atoms with Crippen LogP contribution in [0.4, 0.5) is 5.82 Å². The Morgan fingerprint density at radius 2 is 2.00 bits per heavy atom. The Balaban J connectivity index is 2.05. The van der Waals surface area contributed by atoms with Crippen LogP contribution in [0.25, 0.3) is 16.8 Å². The van der Waals surface area contributed by atoms with Gasteiger partial charge in [0.1, 0.15) is 5.82 Å². The number of nitrogens with zero attached hydrogens (tertiary/aromatic N) is 3. The third-order valence-corrected chi connectivity index (χ3v) is 3.48. The highest BCUT2D eigenvalue weighted by Gasteiger charge is 2.12. The zero-order valence-corrected chi connectivity index (χ0v) is 13.0. The molecule has 0 aliphatic rings. The molecule has 120 valence electrons. The second kappa shape index (κ2) is 6.53. The van der Waals surface area contributed by atoms with Crippen LogP contribution in [-0.2, 0) is 0 Å². The molecule has 2 aromatic heterocycles. The second-order valence-corrected chi connectivity index (χ2v) is 4.86. The first kappa shape index (κ1) is 15.1. The van der Waals surface area contributed by atoms with Gasteiger partial charge in [-0.1, -0.05) is 6.07 Å². The first-order valence-corrected chi connectivity index (χ1v) is 7.18. The molecule has 2 heterocycles. The first-order chi connectivity index (χ1) is 11.3. The summed E-state index contributed by atoms with van der Waals surface area (Å²) < 4.78 is 12.3. The smallest absolute Gasteiger partial charge is 0.165 e. The van der Waals surface area contributed by atoms with E-state index in [0.29, 0.717) is 23.9 Å². The van der Waals surface area contributed by atoms with Gasteiger partial charge in [0, 0.05) is 18.3 Å². The predicted octanol–water partition coefficient (Wildman–Crippen LogP) is 1.82. The number of aliphatic hydroxyl groups excluding tert-OH is 1. The van der Waals surface area contributed by atoms with E-state index in [1.165, 1.54) is 0 Å². The van der Waals surface area contributed by atoms with Crippen molar-refractivity contribution in [3.8, 4) is 22.6 Å². The highest BCUT2D eigenvalue weighted by molar-refractivity contribution is 5.79. The van der Waals surface area contributed by atoms with E-state index < -0.39 is 0 Å². The molecule has 0 bridgehead atoms. The van der Waals surface area contributed by atoms with E-state index in [1.807, 2.05) is 30.5 Å². The summed E-state index contributed by atoms with van der Waals surface area (Å²) in [7, 11) is 3.21. The van der Waals surface area contributed by atoms with Crippen LogP contribution in [0.2, 0.25) is 0 Å². The molecule has 0 aliphatic carbocycles. The van der Waals surface area contributed by atoms with E-state index in [0.717, 1.165) is 16.8 Å². The van der Waals surface area contributed by atoms with Crippen molar-refractivity contribution in [1.82, 2.24) is 14.6 Å². The van der Waals surface area contributed by atoms with Gasteiger partial charge in [-0.15, -0.1) is 0 Å². The number of anilines is 1. The molecule has 23 heavy (non-hydrogen) atoms. The van der Waals surface area contributed by atoms with Crippen molar-refractivity contribution in [2.24, 2.45) is 0 Å². The molecular formula is C16H18N4O3. The second-order valence-electron chi connectivity index (χ2n) is 4.86. The minimum absolute atomic E-state index is 0.0503. The van der Waals surface area contributed by atoms with E-state index in [4.69, 9.17) is 14.6 Å². The van der Waals surface area contributed by atoms with Gasteiger partial charge in [-0.3, -0.25) is 0 Å². The molecule has 0 radical (unpaired) electrons. The van der Waals surface area contributed by atoms with Crippen LogP contribution in [0.15, 0.2) is 36.7 Å². The molecule has 0 atom stereocenters. The Kier molecular flexibility index (Phi) is 4.29. The van der Waals surface area contributed by atoms with Crippen molar-refractivity contribution in [2.45, 2.75) is 0 Å². The molecule has 7 heteroatoms. The fourth-order valence-corrected chi connectivity index (χ4v) is 2.36. The van der Waals surface area contributed by atoms with Gasteiger partial charge in [0.05, 0.1) is 27.0 Å². The molecule has 3 aromatic rings. The summed E-state index contributed by atoms with van der Waals surface area (Å²) in [6.07, 6.45) is 3.59. The van der Waals surface area contributed by atoms with Crippen LogP contribution in [0.5, 0.6) is 11.5 Å². The third kappa shape index (κ3) is 2.91. The Hall–Kier alpha value is -2.80. The van der Waals surface area contributed by atoms with Crippen molar-refractivity contribution in [2.75, 3.05) is 32.7 Å². The minimum atomic E-state index is 0.0503. The van der Waals surface area contributed by atoms with Crippen LogP contribution in [0, 0.1) is 0 Å². The average Bonchev–Trinajstić information content (AvgIpc) is 3.02. The van der Waals surface area contributed by atoms with Crippen molar-refractivity contribution in [3.05, 3.63) is 36.7 Å². The summed E-state index contributed by atoms with van der Waals surface area (Å²) in [5.74, 6) is 2.01. The number of aromatic nitrogens is 3. The van der Waals surface area contributed by atoms with Crippen LogP contribution < -0.4 is 14.8 Å². The van der Waals surface area contributed by atoms with Gasteiger partial charge in [0.2, 0.25) is 0 Å². The van der Waals surface area contributed by atoms with Crippen molar-refractivity contribution in [3.63, 3.8) is 0 Å². The quantitative estimate of drug-likeness (QED) is 0.722. The molecule has 0 saturated heterocycles.